The predicted octanol–water partition coefficient (Wildman–Crippen LogP) is 3.04. The second kappa shape index (κ2) is 6.68. The molecule has 0 saturated carbocycles. The summed E-state index contributed by atoms with van der Waals surface area (Å²) in [4.78, 5) is 4.36. The van der Waals surface area contributed by atoms with Crippen LogP contribution >= 0.6 is 0 Å². The van der Waals surface area contributed by atoms with E-state index in [4.69, 9.17) is 0 Å². The molecule has 3 heterocycles. The largest absolute Gasteiger partial charge is 0.261 e. The van der Waals surface area contributed by atoms with Gasteiger partial charge in [-0.1, -0.05) is 42.5 Å². The number of hydrogen-bond donors (Lipinski definition) is 1. The highest BCUT2D eigenvalue weighted by atomic mass is 32.2. The molecule has 1 N–H and O–H groups in total. The number of aryl methyl sites for hydroxylation is 1. The molecular weight excluding hydrogens is 372 g/mol. The number of aromatic nitrogens is 3. The SMILES string of the molecule is O=S(=O)(CCc1cccc2ccccc12)N1CCc2c(cnc3[nH]ncc23)C1. The number of hydrogen-bond acceptors (Lipinski definition) is 4. The molecule has 5 rings (SSSR count). The van der Waals surface area contributed by atoms with Crippen LogP contribution in [0.15, 0.2) is 54.9 Å². The van der Waals surface area contributed by atoms with Crippen LogP contribution in [0.3, 0.4) is 0 Å². The van der Waals surface area contributed by atoms with Gasteiger partial charge in [0.2, 0.25) is 10.0 Å². The first-order chi connectivity index (χ1) is 13.6. The molecule has 0 atom stereocenters. The summed E-state index contributed by atoms with van der Waals surface area (Å²) in [6.07, 6.45) is 4.72. The van der Waals surface area contributed by atoms with Crippen LogP contribution in [-0.2, 0) is 29.4 Å². The molecule has 1 aliphatic heterocycles. The molecule has 0 unspecified atom stereocenters. The van der Waals surface area contributed by atoms with Crippen molar-refractivity contribution in [2.45, 2.75) is 19.4 Å². The quantitative estimate of drug-likeness (QED) is 0.579. The monoisotopic (exact) mass is 392 g/mol. The summed E-state index contributed by atoms with van der Waals surface area (Å²) in [6, 6.07) is 14.2. The highest BCUT2D eigenvalue weighted by molar-refractivity contribution is 7.89. The average Bonchev–Trinajstić information content (AvgIpc) is 3.21. The molecule has 0 saturated heterocycles. The van der Waals surface area contributed by atoms with E-state index in [-0.39, 0.29) is 5.75 Å². The molecule has 4 aromatic rings. The lowest BCUT2D eigenvalue weighted by atomic mass is 10.0. The van der Waals surface area contributed by atoms with Gasteiger partial charge in [-0.2, -0.15) is 9.40 Å². The zero-order valence-corrected chi connectivity index (χ0v) is 16.1. The van der Waals surface area contributed by atoms with Gasteiger partial charge in [-0.25, -0.2) is 13.4 Å². The number of nitrogens with zero attached hydrogens (tertiary/aromatic N) is 3. The van der Waals surface area contributed by atoms with Crippen LogP contribution in [-0.4, -0.2) is 40.2 Å². The topological polar surface area (TPSA) is 79.0 Å². The molecule has 0 bridgehead atoms. The van der Waals surface area contributed by atoms with E-state index in [1.54, 1.807) is 16.7 Å². The minimum Gasteiger partial charge on any atom is -0.261 e. The molecule has 7 heteroatoms. The normalized spacial score (nSPS) is 15.1. The third-order valence-electron chi connectivity index (χ3n) is 5.54. The van der Waals surface area contributed by atoms with Crippen molar-refractivity contribution >= 4 is 31.8 Å². The summed E-state index contributed by atoms with van der Waals surface area (Å²) in [5.41, 5.74) is 3.94. The van der Waals surface area contributed by atoms with Crippen LogP contribution in [0.25, 0.3) is 21.8 Å². The number of aromatic amines is 1. The van der Waals surface area contributed by atoms with Crippen LogP contribution < -0.4 is 0 Å². The zero-order valence-electron chi connectivity index (χ0n) is 15.3. The summed E-state index contributed by atoms with van der Waals surface area (Å²) in [5, 5.41) is 10.2. The van der Waals surface area contributed by atoms with Crippen LogP contribution in [0.1, 0.15) is 16.7 Å². The Labute approximate surface area is 163 Å². The first kappa shape index (κ1) is 17.3. The molecule has 2 aromatic carbocycles. The van der Waals surface area contributed by atoms with Crippen LogP contribution in [0.2, 0.25) is 0 Å². The molecule has 1 aliphatic rings. The number of fused-ring (bicyclic) bond motifs is 4. The minimum atomic E-state index is -3.35. The number of pyridine rings is 1. The average molecular weight is 392 g/mol. The minimum absolute atomic E-state index is 0.109. The Morgan fingerprint density at radius 3 is 2.82 bits per heavy atom. The predicted molar refractivity (Wildman–Crippen MR) is 109 cm³/mol. The molecular formula is C21H20N4O2S. The Bertz CT molecular complexity index is 1270. The summed E-state index contributed by atoms with van der Waals surface area (Å²) >= 11 is 0. The fourth-order valence-electron chi connectivity index (χ4n) is 4.04. The van der Waals surface area contributed by atoms with Crippen LogP contribution in [0.5, 0.6) is 0 Å². The number of sulfonamides is 1. The van der Waals surface area contributed by atoms with E-state index >= 15 is 0 Å². The molecule has 142 valence electrons. The van der Waals surface area contributed by atoms with Crippen molar-refractivity contribution in [3.8, 4) is 0 Å². The van der Waals surface area contributed by atoms with Crippen molar-refractivity contribution in [1.29, 1.82) is 0 Å². The maximum atomic E-state index is 13.0. The Balaban J connectivity index is 1.37. The van der Waals surface area contributed by atoms with Crippen molar-refractivity contribution in [3.63, 3.8) is 0 Å². The number of nitrogens with one attached hydrogen (secondary N) is 1. The highest BCUT2D eigenvalue weighted by Crippen LogP contribution is 2.27. The van der Waals surface area contributed by atoms with Crippen molar-refractivity contribution in [2.24, 2.45) is 0 Å². The summed E-state index contributed by atoms with van der Waals surface area (Å²) < 4.78 is 27.6. The van der Waals surface area contributed by atoms with Gasteiger partial charge in [0, 0.05) is 24.7 Å². The smallest absolute Gasteiger partial charge is 0.214 e. The summed E-state index contributed by atoms with van der Waals surface area (Å²) in [6.45, 7) is 0.872. The first-order valence-corrected chi connectivity index (χ1v) is 11.0. The zero-order chi connectivity index (χ0) is 19.1. The van der Waals surface area contributed by atoms with Crippen molar-refractivity contribution in [1.82, 2.24) is 19.5 Å². The molecule has 6 nitrogen and oxygen atoms in total. The van der Waals surface area contributed by atoms with Crippen molar-refractivity contribution < 1.29 is 8.42 Å². The van der Waals surface area contributed by atoms with E-state index < -0.39 is 10.0 Å². The van der Waals surface area contributed by atoms with Gasteiger partial charge in [-0.15, -0.1) is 0 Å². The third kappa shape index (κ3) is 2.96. The van der Waals surface area contributed by atoms with Crippen molar-refractivity contribution in [2.75, 3.05) is 12.3 Å². The fourth-order valence-corrected chi connectivity index (χ4v) is 5.49. The maximum absolute atomic E-state index is 13.0. The van der Waals surface area contributed by atoms with Gasteiger partial charge < -0.3 is 0 Å². The van der Waals surface area contributed by atoms with E-state index in [1.165, 1.54) is 0 Å². The number of H-pyrrole nitrogens is 1. The third-order valence-corrected chi connectivity index (χ3v) is 7.36. The molecule has 0 radical (unpaired) electrons. The first-order valence-electron chi connectivity index (χ1n) is 9.36. The highest BCUT2D eigenvalue weighted by Gasteiger charge is 2.28. The molecule has 0 aliphatic carbocycles. The fraction of sp³-hybridized carbons (Fsp3) is 0.238. The second-order valence-corrected chi connectivity index (χ2v) is 9.27. The van der Waals surface area contributed by atoms with Gasteiger partial charge in [-0.05, 0) is 40.3 Å². The lowest BCUT2D eigenvalue weighted by Crippen LogP contribution is -2.38. The van der Waals surface area contributed by atoms with E-state index in [0.29, 0.717) is 25.9 Å². The Hall–Kier alpha value is -2.77. The van der Waals surface area contributed by atoms with Gasteiger partial charge >= 0.3 is 0 Å². The van der Waals surface area contributed by atoms with Crippen LogP contribution in [0.4, 0.5) is 0 Å². The van der Waals surface area contributed by atoms with Crippen LogP contribution in [0, 0.1) is 0 Å². The lowest BCUT2D eigenvalue weighted by Gasteiger charge is -2.28. The second-order valence-electron chi connectivity index (χ2n) is 7.18. The van der Waals surface area contributed by atoms with E-state index in [2.05, 4.69) is 33.4 Å². The molecule has 0 fully saturated rings. The van der Waals surface area contributed by atoms with E-state index in [9.17, 15) is 8.42 Å². The molecule has 0 spiro atoms. The summed E-state index contributed by atoms with van der Waals surface area (Å²) in [7, 11) is -3.35. The standard InChI is InChI=1S/C21H20N4O2S/c26-28(27,11-9-16-6-3-5-15-4-1-2-7-18(15)16)25-10-8-19-17(14-25)12-22-21-20(19)13-23-24-21/h1-7,12-13H,8-11,14H2,(H,22,23,24). The van der Waals surface area contributed by atoms with E-state index in [0.717, 1.165) is 38.5 Å². The van der Waals surface area contributed by atoms with Gasteiger partial charge in [-0.3, -0.25) is 5.10 Å². The lowest BCUT2D eigenvalue weighted by molar-refractivity contribution is 0.392. The Kier molecular flexibility index (Phi) is 4.14. The Morgan fingerprint density at radius 2 is 1.89 bits per heavy atom. The number of benzene rings is 2. The van der Waals surface area contributed by atoms with Gasteiger partial charge in [0.25, 0.3) is 0 Å². The molecule has 2 aromatic heterocycles. The van der Waals surface area contributed by atoms with Gasteiger partial charge in [0.05, 0.1) is 11.9 Å². The van der Waals surface area contributed by atoms with E-state index in [1.807, 2.05) is 24.3 Å². The maximum Gasteiger partial charge on any atom is 0.214 e. The molecule has 28 heavy (non-hydrogen) atoms. The van der Waals surface area contributed by atoms with Gasteiger partial charge in [0.1, 0.15) is 0 Å². The number of rotatable bonds is 4. The Morgan fingerprint density at radius 1 is 1.04 bits per heavy atom. The van der Waals surface area contributed by atoms with Gasteiger partial charge in [0.15, 0.2) is 5.65 Å². The van der Waals surface area contributed by atoms with Crippen molar-refractivity contribution in [3.05, 3.63) is 71.5 Å². The molecule has 0 amide bonds. The summed E-state index contributed by atoms with van der Waals surface area (Å²) in [5.74, 6) is 0.109.